The summed E-state index contributed by atoms with van der Waals surface area (Å²) in [5.74, 6) is 0.822. The third-order valence-corrected chi connectivity index (χ3v) is 5.92. The number of guanidine groups is 1. The second-order valence-corrected chi connectivity index (χ2v) is 9.40. The summed E-state index contributed by atoms with van der Waals surface area (Å²) in [5.41, 5.74) is 3.17. The lowest BCUT2D eigenvalue weighted by Crippen LogP contribution is -2.38. The van der Waals surface area contributed by atoms with Crippen LogP contribution in [0.3, 0.4) is 0 Å². The normalized spacial score (nSPS) is 11.7. The third kappa shape index (κ3) is 7.33. The first-order valence-electron chi connectivity index (χ1n) is 10.2. The Balaban J connectivity index is 0.00000363. The molecule has 0 unspecified atom stereocenters. The van der Waals surface area contributed by atoms with Gasteiger partial charge in [0.05, 0.1) is 16.8 Å². The summed E-state index contributed by atoms with van der Waals surface area (Å²) < 4.78 is 25.0. The van der Waals surface area contributed by atoms with Crippen LogP contribution in [0.4, 0.5) is 0 Å². The van der Waals surface area contributed by atoms with E-state index in [-0.39, 0.29) is 24.0 Å². The second kappa shape index (κ2) is 12.0. The molecule has 3 rings (SSSR count). The van der Waals surface area contributed by atoms with Crippen LogP contribution in [0, 0.1) is 0 Å². The number of nitrogens with one attached hydrogen (secondary N) is 1. The van der Waals surface area contributed by atoms with Gasteiger partial charge in [-0.2, -0.15) is 5.10 Å². The van der Waals surface area contributed by atoms with Crippen LogP contribution in [-0.4, -0.2) is 55.5 Å². The Morgan fingerprint density at radius 3 is 2.41 bits per heavy atom. The number of benzene rings is 2. The SMILES string of the molecule is CCNC(=NCCc1ccc(S(C)(=O)=O)cc1)N(C)Cc1cnn(-c2ccccc2)c1.I. The van der Waals surface area contributed by atoms with Gasteiger partial charge in [-0.3, -0.25) is 4.99 Å². The van der Waals surface area contributed by atoms with Crippen molar-refractivity contribution < 1.29 is 8.42 Å². The molecule has 0 saturated carbocycles. The fourth-order valence-corrected chi connectivity index (χ4v) is 3.81. The van der Waals surface area contributed by atoms with Gasteiger partial charge in [0.2, 0.25) is 0 Å². The van der Waals surface area contributed by atoms with Crippen LogP contribution < -0.4 is 5.32 Å². The molecule has 0 spiro atoms. The van der Waals surface area contributed by atoms with Crippen LogP contribution >= 0.6 is 24.0 Å². The average Bonchev–Trinajstić information content (AvgIpc) is 3.22. The van der Waals surface area contributed by atoms with E-state index in [0.717, 1.165) is 35.7 Å². The summed E-state index contributed by atoms with van der Waals surface area (Å²) in [6.45, 7) is 4.10. The van der Waals surface area contributed by atoms with Crippen molar-refractivity contribution in [1.29, 1.82) is 0 Å². The van der Waals surface area contributed by atoms with Crippen LogP contribution in [0.25, 0.3) is 5.69 Å². The lowest BCUT2D eigenvalue weighted by atomic mass is 10.1. The Bertz CT molecular complexity index is 1110. The molecule has 0 radical (unpaired) electrons. The lowest BCUT2D eigenvalue weighted by molar-refractivity contribution is 0.477. The molecule has 9 heteroatoms. The summed E-state index contributed by atoms with van der Waals surface area (Å²) in [6.07, 6.45) is 5.85. The molecule has 0 amide bonds. The third-order valence-electron chi connectivity index (χ3n) is 4.79. The van der Waals surface area contributed by atoms with Crippen molar-refractivity contribution in [3.8, 4) is 5.69 Å². The molecule has 0 atom stereocenters. The molecular weight excluding hydrogens is 537 g/mol. The number of aliphatic imine (C=N–C) groups is 1. The molecule has 0 aliphatic carbocycles. The van der Waals surface area contributed by atoms with E-state index in [1.54, 1.807) is 12.1 Å². The van der Waals surface area contributed by atoms with Crippen molar-refractivity contribution in [3.63, 3.8) is 0 Å². The van der Waals surface area contributed by atoms with Gasteiger partial charge in [0, 0.05) is 44.7 Å². The first-order valence-corrected chi connectivity index (χ1v) is 12.1. The Kier molecular flexibility index (Phi) is 9.70. The molecule has 32 heavy (non-hydrogen) atoms. The Hall–Kier alpha value is -2.40. The Morgan fingerprint density at radius 2 is 1.78 bits per heavy atom. The Morgan fingerprint density at radius 1 is 1.09 bits per heavy atom. The van der Waals surface area contributed by atoms with Crippen LogP contribution in [0.1, 0.15) is 18.1 Å². The van der Waals surface area contributed by atoms with Gasteiger partial charge < -0.3 is 10.2 Å². The molecule has 7 nitrogen and oxygen atoms in total. The molecule has 1 heterocycles. The minimum Gasteiger partial charge on any atom is -0.357 e. The van der Waals surface area contributed by atoms with Crippen molar-refractivity contribution >= 4 is 39.8 Å². The fourth-order valence-electron chi connectivity index (χ4n) is 3.18. The van der Waals surface area contributed by atoms with E-state index in [0.29, 0.717) is 18.0 Å². The minimum atomic E-state index is -3.17. The zero-order chi connectivity index (χ0) is 22.3. The maximum atomic E-state index is 11.6. The lowest BCUT2D eigenvalue weighted by Gasteiger charge is -2.21. The molecule has 2 aromatic carbocycles. The summed E-state index contributed by atoms with van der Waals surface area (Å²) in [6, 6.07) is 17.0. The number of aromatic nitrogens is 2. The minimum absolute atomic E-state index is 0. The van der Waals surface area contributed by atoms with Gasteiger partial charge in [-0.25, -0.2) is 13.1 Å². The summed E-state index contributed by atoms with van der Waals surface area (Å²) in [4.78, 5) is 7.14. The number of sulfone groups is 1. The number of nitrogens with zero attached hydrogens (tertiary/aromatic N) is 4. The average molecular weight is 567 g/mol. The zero-order valence-corrected chi connectivity index (χ0v) is 21.7. The predicted molar refractivity (Wildman–Crippen MR) is 140 cm³/mol. The van der Waals surface area contributed by atoms with E-state index in [9.17, 15) is 8.42 Å². The van der Waals surface area contributed by atoms with E-state index < -0.39 is 9.84 Å². The number of hydrogen-bond acceptors (Lipinski definition) is 4. The quantitative estimate of drug-likeness (QED) is 0.256. The van der Waals surface area contributed by atoms with Crippen molar-refractivity contribution in [1.82, 2.24) is 20.0 Å². The molecule has 0 aliphatic rings. The topological polar surface area (TPSA) is 79.6 Å². The molecule has 1 aromatic heterocycles. The van der Waals surface area contributed by atoms with Gasteiger partial charge >= 0.3 is 0 Å². The van der Waals surface area contributed by atoms with Crippen molar-refractivity contribution in [2.45, 2.75) is 24.8 Å². The van der Waals surface area contributed by atoms with E-state index in [1.165, 1.54) is 6.26 Å². The van der Waals surface area contributed by atoms with Crippen LogP contribution in [0.15, 0.2) is 76.9 Å². The highest BCUT2D eigenvalue weighted by atomic mass is 127. The summed E-state index contributed by atoms with van der Waals surface area (Å²) in [5, 5.41) is 7.78. The van der Waals surface area contributed by atoms with Gasteiger partial charge in [0.1, 0.15) is 0 Å². The van der Waals surface area contributed by atoms with E-state index in [2.05, 4.69) is 15.3 Å². The van der Waals surface area contributed by atoms with E-state index >= 15 is 0 Å². The number of rotatable bonds is 8. The number of hydrogen-bond donors (Lipinski definition) is 1. The molecule has 1 N–H and O–H groups in total. The highest BCUT2D eigenvalue weighted by Gasteiger charge is 2.09. The smallest absolute Gasteiger partial charge is 0.193 e. The van der Waals surface area contributed by atoms with Crippen LogP contribution in [0.2, 0.25) is 0 Å². The molecule has 0 aliphatic heterocycles. The second-order valence-electron chi connectivity index (χ2n) is 7.39. The number of para-hydroxylation sites is 1. The molecule has 0 saturated heterocycles. The van der Waals surface area contributed by atoms with Gasteiger partial charge in [-0.1, -0.05) is 30.3 Å². The fraction of sp³-hybridized carbons (Fsp3) is 0.304. The standard InChI is InChI=1S/C23H29N5O2S.HI/c1-4-24-23(25-15-14-19-10-12-22(13-11-19)31(3,29)30)27(2)17-20-16-26-28(18-20)21-8-6-5-7-9-21;/h5-13,16,18H,4,14-15,17H2,1-3H3,(H,24,25);1H. The molecule has 0 fully saturated rings. The van der Waals surface area contributed by atoms with Gasteiger partial charge in [-0.05, 0) is 43.2 Å². The first kappa shape index (κ1) is 25.9. The highest BCUT2D eigenvalue weighted by Crippen LogP contribution is 2.12. The first-order chi connectivity index (χ1) is 14.9. The van der Waals surface area contributed by atoms with Crippen LogP contribution in [-0.2, 0) is 22.8 Å². The van der Waals surface area contributed by atoms with E-state index in [1.807, 2.05) is 73.5 Å². The molecule has 3 aromatic rings. The van der Waals surface area contributed by atoms with Gasteiger partial charge in [-0.15, -0.1) is 24.0 Å². The summed E-state index contributed by atoms with van der Waals surface area (Å²) in [7, 11) is -1.17. The summed E-state index contributed by atoms with van der Waals surface area (Å²) >= 11 is 0. The van der Waals surface area contributed by atoms with Crippen molar-refractivity contribution in [2.24, 2.45) is 4.99 Å². The molecular formula is C23H30IN5O2S. The maximum absolute atomic E-state index is 11.6. The van der Waals surface area contributed by atoms with Crippen LogP contribution in [0.5, 0.6) is 0 Å². The predicted octanol–water partition coefficient (Wildman–Crippen LogP) is 3.53. The van der Waals surface area contributed by atoms with Crippen molar-refractivity contribution in [2.75, 3.05) is 26.4 Å². The van der Waals surface area contributed by atoms with E-state index in [4.69, 9.17) is 4.99 Å². The van der Waals surface area contributed by atoms with Gasteiger partial charge in [0.25, 0.3) is 0 Å². The number of halogens is 1. The zero-order valence-electron chi connectivity index (χ0n) is 18.6. The highest BCUT2D eigenvalue weighted by molar-refractivity contribution is 14.0. The Labute approximate surface area is 207 Å². The largest absolute Gasteiger partial charge is 0.357 e. The molecule has 172 valence electrons. The molecule has 0 bridgehead atoms. The monoisotopic (exact) mass is 567 g/mol. The van der Waals surface area contributed by atoms with Gasteiger partial charge in [0.15, 0.2) is 15.8 Å². The maximum Gasteiger partial charge on any atom is 0.193 e. The van der Waals surface area contributed by atoms with Crippen molar-refractivity contribution in [3.05, 3.63) is 78.1 Å².